The molecule has 13 heavy (non-hydrogen) atoms. The van der Waals surface area contributed by atoms with Gasteiger partial charge >= 0.3 is 0 Å². The summed E-state index contributed by atoms with van der Waals surface area (Å²) in [6.07, 6.45) is 0.931. The van der Waals surface area contributed by atoms with Gasteiger partial charge in [0.15, 0.2) is 0 Å². The SMILES string of the molecule is O=C(C1=CSCC1)N1CCOCC1. The Hall–Kier alpha value is -0.480. The number of ether oxygens (including phenoxy) is 1. The van der Waals surface area contributed by atoms with E-state index in [1.807, 2.05) is 10.3 Å². The van der Waals surface area contributed by atoms with Crippen LogP contribution in [-0.4, -0.2) is 42.9 Å². The van der Waals surface area contributed by atoms with Gasteiger partial charge in [0.05, 0.1) is 13.2 Å². The molecule has 0 aromatic rings. The fourth-order valence-corrected chi connectivity index (χ4v) is 2.39. The predicted octanol–water partition coefficient (Wildman–Crippen LogP) is 0.866. The molecule has 0 spiro atoms. The van der Waals surface area contributed by atoms with Gasteiger partial charge in [-0.15, -0.1) is 11.8 Å². The highest BCUT2D eigenvalue weighted by Crippen LogP contribution is 2.23. The topological polar surface area (TPSA) is 29.5 Å². The van der Waals surface area contributed by atoms with Gasteiger partial charge < -0.3 is 9.64 Å². The molecule has 72 valence electrons. The minimum absolute atomic E-state index is 0.216. The summed E-state index contributed by atoms with van der Waals surface area (Å²) in [4.78, 5) is 13.7. The third-order valence-electron chi connectivity index (χ3n) is 2.29. The van der Waals surface area contributed by atoms with E-state index in [2.05, 4.69) is 0 Å². The quantitative estimate of drug-likeness (QED) is 0.627. The fourth-order valence-electron chi connectivity index (χ4n) is 1.51. The third kappa shape index (κ3) is 2.06. The molecule has 2 heterocycles. The number of nitrogens with zero attached hydrogens (tertiary/aromatic N) is 1. The molecule has 2 aliphatic heterocycles. The zero-order valence-corrected chi connectivity index (χ0v) is 8.31. The molecular weight excluding hydrogens is 186 g/mol. The molecule has 0 bridgehead atoms. The van der Waals surface area contributed by atoms with Crippen LogP contribution in [0.3, 0.4) is 0 Å². The molecular formula is C9H13NO2S. The highest BCUT2D eigenvalue weighted by molar-refractivity contribution is 8.02. The summed E-state index contributed by atoms with van der Waals surface area (Å²) >= 11 is 1.73. The molecule has 0 saturated carbocycles. The standard InChI is InChI=1S/C9H13NO2S/c11-9(8-1-6-13-7-8)10-2-4-12-5-3-10/h7H,1-6H2. The molecule has 2 rings (SSSR count). The van der Waals surface area contributed by atoms with E-state index < -0.39 is 0 Å². The Bertz CT molecular complexity index is 234. The monoisotopic (exact) mass is 199 g/mol. The van der Waals surface area contributed by atoms with Crippen molar-refractivity contribution in [3.05, 3.63) is 11.0 Å². The first-order valence-electron chi connectivity index (χ1n) is 4.55. The van der Waals surface area contributed by atoms with Crippen molar-refractivity contribution < 1.29 is 9.53 Å². The lowest BCUT2D eigenvalue weighted by Gasteiger charge is -2.27. The number of hydrogen-bond donors (Lipinski definition) is 0. The highest BCUT2D eigenvalue weighted by Gasteiger charge is 2.21. The van der Waals surface area contributed by atoms with Crippen molar-refractivity contribution in [3.63, 3.8) is 0 Å². The molecule has 3 nitrogen and oxygen atoms in total. The van der Waals surface area contributed by atoms with Gasteiger partial charge in [-0.1, -0.05) is 0 Å². The molecule has 2 aliphatic rings. The molecule has 0 aromatic carbocycles. The zero-order chi connectivity index (χ0) is 9.10. The van der Waals surface area contributed by atoms with Crippen LogP contribution in [0, 0.1) is 0 Å². The molecule has 0 N–H and O–H groups in total. The third-order valence-corrected chi connectivity index (χ3v) is 3.18. The molecule has 1 amide bonds. The second kappa shape index (κ2) is 4.15. The first-order chi connectivity index (χ1) is 6.38. The zero-order valence-electron chi connectivity index (χ0n) is 7.49. The minimum Gasteiger partial charge on any atom is -0.378 e. The first-order valence-corrected chi connectivity index (χ1v) is 5.60. The van der Waals surface area contributed by atoms with Crippen LogP contribution in [0.25, 0.3) is 0 Å². The van der Waals surface area contributed by atoms with E-state index >= 15 is 0 Å². The lowest BCUT2D eigenvalue weighted by Crippen LogP contribution is -2.41. The summed E-state index contributed by atoms with van der Waals surface area (Å²) in [7, 11) is 0. The number of morpholine rings is 1. The Kier molecular flexibility index (Phi) is 2.90. The van der Waals surface area contributed by atoms with Crippen molar-refractivity contribution >= 4 is 17.7 Å². The summed E-state index contributed by atoms with van der Waals surface area (Å²) in [6, 6.07) is 0. The molecule has 0 unspecified atom stereocenters. The van der Waals surface area contributed by atoms with Crippen LogP contribution in [0.15, 0.2) is 11.0 Å². The lowest BCUT2D eigenvalue weighted by molar-refractivity contribution is -0.131. The van der Waals surface area contributed by atoms with Crippen LogP contribution in [0.2, 0.25) is 0 Å². The van der Waals surface area contributed by atoms with Crippen molar-refractivity contribution in [3.8, 4) is 0 Å². The number of hydrogen-bond acceptors (Lipinski definition) is 3. The maximum atomic E-state index is 11.8. The van der Waals surface area contributed by atoms with Crippen molar-refractivity contribution in [2.24, 2.45) is 0 Å². The molecule has 0 aliphatic carbocycles. The molecule has 0 radical (unpaired) electrons. The Labute approximate surface area is 82.1 Å². The first kappa shape index (κ1) is 9.09. The second-order valence-corrected chi connectivity index (χ2v) is 4.15. The number of thioether (sulfide) groups is 1. The summed E-state index contributed by atoms with van der Waals surface area (Å²) in [5.41, 5.74) is 0.979. The summed E-state index contributed by atoms with van der Waals surface area (Å²) in [5.74, 6) is 1.28. The van der Waals surface area contributed by atoms with E-state index in [9.17, 15) is 4.79 Å². The second-order valence-electron chi connectivity index (χ2n) is 3.17. The van der Waals surface area contributed by atoms with E-state index in [4.69, 9.17) is 4.74 Å². The van der Waals surface area contributed by atoms with Crippen LogP contribution in [-0.2, 0) is 9.53 Å². The van der Waals surface area contributed by atoms with Crippen LogP contribution in [0.4, 0.5) is 0 Å². The minimum atomic E-state index is 0.216. The maximum absolute atomic E-state index is 11.8. The number of amides is 1. The molecule has 1 saturated heterocycles. The van der Waals surface area contributed by atoms with E-state index in [-0.39, 0.29) is 5.91 Å². The normalized spacial score (nSPS) is 23.1. The van der Waals surface area contributed by atoms with Crippen molar-refractivity contribution in [1.82, 2.24) is 4.90 Å². The largest absolute Gasteiger partial charge is 0.378 e. The Morgan fingerprint density at radius 1 is 1.46 bits per heavy atom. The fraction of sp³-hybridized carbons (Fsp3) is 0.667. The number of carbonyl (C=O) groups excluding carboxylic acids is 1. The van der Waals surface area contributed by atoms with Gasteiger partial charge in [0.25, 0.3) is 0 Å². The Balaban J connectivity index is 1.94. The predicted molar refractivity (Wildman–Crippen MR) is 52.6 cm³/mol. The summed E-state index contributed by atoms with van der Waals surface area (Å²) in [6.45, 7) is 2.88. The van der Waals surface area contributed by atoms with Crippen LogP contribution in [0.5, 0.6) is 0 Å². The maximum Gasteiger partial charge on any atom is 0.250 e. The van der Waals surface area contributed by atoms with E-state index in [0.717, 1.165) is 30.8 Å². The molecule has 0 atom stereocenters. The lowest BCUT2D eigenvalue weighted by atomic mass is 10.2. The van der Waals surface area contributed by atoms with Crippen LogP contribution >= 0.6 is 11.8 Å². The Morgan fingerprint density at radius 2 is 2.23 bits per heavy atom. The Morgan fingerprint density at radius 3 is 2.85 bits per heavy atom. The van der Waals surface area contributed by atoms with Crippen molar-refractivity contribution in [1.29, 1.82) is 0 Å². The molecule has 4 heteroatoms. The van der Waals surface area contributed by atoms with Crippen molar-refractivity contribution in [2.45, 2.75) is 6.42 Å². The molecule has 0 aromatic heterocycles. The summed E-state index contributed by atoms with van der Waals surface area (Å²) < 4.78 is 5.19. The number of carbonyl (C=O) groups is 1. The van der Waals surface area contributed by atoms with Gasteiger partial charge in [-0.2, -0.15) is 0 Å². The van der Waals surface area contributed by atoms with Gasteiger partial charge in [0.1, 0.15) is 0 Å². The molecule has 1 fully saturated rings. The van der Waals surface area contributed by atoms with Gasteiger partial charge in [-0.25, -0.2) is 0 Å². The summed E-state index contributed by atoms with van der Waals surface area (Å²) in [5, 5.41) is 2.00. The van der Waals surface area contributed by atoms with Gasteiger partial charge in [0, 0.05) is 24.4 Å². The van der Waals surface area contributed by atoms with Crippen molar-refractivity contribution in [2.75, 3.05) is 32.1 Å². The van der Waals surface area contributed by atoms with E-state index in [1.165, 1.54) is 0 Å². The van der Waals surface area contributed by atoms with Gasteiger partial charge in [-0.3, -0.25) is 4.79 Å². The number of rotatable bonds is 1. The average Bonchev–Trinajstić information content (AvgIpc) is 2.71. The van der Waals surface area contributed by atoms with Gasteiger partial charge in [0.2, 0.25) is 5.91 Å². The average molecular weight is 199 g/mol. The van der Waals surface area contributed by atoms with E-state index in [1.54, 1.807) is 11.8 Å². The van der Waals surface area contributed by atoms with Gasteiger partial charge in [-0.05, 0) is 11.8 Å². The van der Waals surface area contributed by atoms with E-state index in [0.29, 0.717) is 13.2 Å². The smallest absolute Gasteiger partial charge is 0.250 e. The van der Waals surface area contributed by atoms with Crippen LogP contribution < -0.4 is 0 Å². The van der Waals surface area contributed by atoms with Crippen LogP contribution in [0.1, 0.15) is 6.42 Å². The highest BCUT2D eigenvalue weighted by atomic mass is 32.2.